The highest BCUT2D eigenvalue weighted by atomic mass is 16.5. The van der Waals surface area contributed by atoms with E-state index in [9.17, 15) is 4.79 Å². The van der Waals surface area contributed by atoms with Gasteiger partial charge in [-0.15, -0.1) is 0 Å². The quantitative estimate of drug-likeness (QED) is 0.777. The number of fused-ring (bicyclic) bond motifs is 1. The third-order valence-corrected chi connectivity index (χ3v) is 4.51. The minimum Gasteiger partial charge on any atom is -0.436 e. The fraction of sp³-hybridized carbons (Fsp3) is 0.300. The number of aromatic nitrogens is 1. The number of carbonyl (C=O) groups is 1. The second-order valence-corrected chi connectivity index (χ2v) is 6.51. The molecule has 0 radical (unpaired) electrons. The van der Waals surface area contributed by atoms with Crippen molar-refractivity contribution < 1.29 is 13.9 Å². The Morgan fingerprint density at radius 3 is 2.88 bits per heavy atom. The van der Waals surface area contributed by atoms with Crippen LogP contribution in [0, 0.1) is 13.8 Å². The molecule has 2 aromatic carbocycles. The van der Waals surface area contributed by atoms with Gasteiger partial charge >= 0.3 is 0 Å². The topological polar surface area (TPSA) is 64.4 Å². The Morgan fingerprint density at radius 2 is 2.08 bits per heavy atom. The Balaban J connectivity index is 1.64. The molecular weight excluding hydrogens is 316 g/mol. The number of anilines is 1. The summed E-state index contributed by atoms with van der Waals surface area (Å²) in [6, 6.07) is 11.7. The van der Waals surface area contributed by atoms with Crippen LogP contribution in [-0.4, -0.2) is 23.6 Å². The van der Waals surface area contributed by atoms with Gasteiger partial charge in [0.25, 0.3) is 5.91 Å². The first-order chi connectivity index (χ1) is 12.1. The zero-order valence-electron chi connectivity index (χ0n) is 14.3. The molecule has 25 heavy (non-hydrogen) atoms. The third-order valence-electron chi connectivity index (χ3n) is 4.51. The van der Waals surface area contributed by atoms with E-state index in [1.807, 2.05) is 50.2 Å². The van der Waals surface area contributed by atoms with Crippen LogP contribution in [0.4, 0.5) is 5.69 Å². The molecule has 128 valence electrons. The average Bonchev–Trinajstić information content (AvgIpc) is 3.25. The summed E-state index contributed by atoms with van der Waals surface area (Å²) in [6.45, 7) is 4.64. The Bertz CT molecular complexity index is 939. The molecular formula is C20H20N2O3. The summed E-state index contributed by atoms with van der Waals surface area (Å²) in [5, 5.41) is 2.97. The van der Waals surface area contributed by atoms with Crippen molar-refractivity contribution >= 4 is 22.7 Å². The van der Waals surface area contributed by atoms with Crippen molar-refractivity contribution in [3.05, 3.63) is 47.5 Å². The highest BCUT2D eigenvalue weighted by molar-refractivity contribution is 5.95. The molecule has 1 saturated heterocycles. The fourth-order valence-electron chi connectivity index (χ4n) is 3.05. The molecule has 1 aliphatic rings. The molecule has 3 aromatic rings. The predicted molar refractivity (Wildman–Crippen MR) is 96.5 cm³/mol. The minimum atomic E-state index is -0.352. The second-order valence-electron chi connectivity index (χ2n) is 6.51. The number of carbonyl (C=O) groups excluding carboxylic acids is 1. The largest absolute Gasteiger partial charge is 0.436 e. The van der Waals surface area contributed by atoms with Crippen LogP contribution in [0.15, 0.2) is 40.8 Å². The van der Waals surface area contributed by atoms with Crippen LogP contribution in [0.3, 0.4) is 0 Å². The minimum absolute atomic E-state index is 0.0917. The van der Waals surface area contributed by atoms with Crippen LogP contribution in [0.25, 0.3) is 22.6 Å². The Kier molecular flexibility index (Phi) is 4.01. The summed E-state index contributed by atoms with van der Waals surface area (Å²) < 4.78 is 11.3. The number of benzene rings is 2. The molecule has 0 bridgehead atoms. The zero-order chi connectivity index (χ0) is 17.4. The number of aryl methyl sites for hydroxylation is 2. The molecule has 1 fully saturated rings. The number of hydrogen-bond donors (Lipinski definition) is 1. The molecule has 0 unspecified atom stereocenters. The molecule has 0 spiro atoms. The molecule has 1 atom stereocenters. The van der Waals surface area contributed by atoms with E-state index in [-0.39, 0.29) is 12.0 Å². The van der Waals surface area contributed by atoms with E-state index in [2.05, 4.69) is 10.3 Å². The summed E-state index contributed by atoms with van der Waals surface area (Å²) in [6.07, 6.45) is 1.35. The summed E-state index contributed by atoms with van der Waals surface area (Å²) in [5.41, 5.74) is 5.31. The van der Waals surface area contributed by atoms with Gasteiger partial charge in [0, 0.05) is 17.9 Å². The van der Waals surface area contributed by atoms with E-state index in [0.717, 1.165) is 46.3 Å². The van der Waals surface area contributed by atoms with E-state index < -0.39 is 0 Å². The van der Waals surface area contributed by atoms with E-state index in [4.69, 9.17) is 9.15 Å². The molecule has 4 rings (SSSR count). The third kappa shape index (κ3) is 3.15. The molecule has 1 amide bonds. The SMILES string of the molecule is Cc1ccc2oc(-c3ccc(C)c(NC(=O)[C@@H]4CCCO4)c3)nc2c1. The molecule has 1 aromatic heterocycles. The number of nitrogens with zero attached hydrogens (tertiary/aromatic N) is 1. The molecule has 5 heteroatoms. The molecule has 1 aliphatic heterocycles. The number of oxazole rings is 1. The van der Waals surface area contributed by atoms with Crippen molar-refractivity contribution in [1.29, 1.82) is 0 Å². The number of rotatable bonds is 3. The number of ether oxygens (including phenoxy) is 1. The van der Waals surface area contributed by atoms with Gasteiger partial charge in [0.1, 0.15) is 11.6 Å². The van der Waals surface area contributed by atoms with Crippen LogP contribution < -0.4 is 5.32 Å². The Morgan fingerprint density at radius 1 is 1.20 bits per heavy atom. The normalized spacial score (nSPS) is 17.1. The number of amides is 1. The van der Waals surface area contributed by atoms with Gasteiger partial charge in [-0.1, -0.05) is 12.1 Å². The summed E-state index contributed by atoms with van der Waals surface area (Å²) >= 11 is 0. The van der Waals surface area contributed by atoms with Gasteiger partial charge in [0.15, 0.2) is 5.58 Å². The lowest BCUT2D eigenvalue weighted by atomic mass is 10.1. The highest BCUT2D eigenvalue weighted by Gasteiger charge is 2.24. The van der Waals surface area contributed by atoms with Crippen LogP contribution in [-0.2, 0) is 9.53 Å². The van der Waals surface area contributed by atoms with Crippen molar-refractivity contribution in [1.82, 2.24) is 4.98 Å². The standard InChI is InChI=1S/C20H20N2O3/c1-12-5-8-17-16(10-12)22-20(25-17)14-7-6-13(2)15(11-14)21-19(23)18-4-3-9-24-18/h5-8,10-11,18H,3-4,9H2,1-2H3,(H,21,23)/t18-/m0/s1. The maximum absolute atomic E-state index is 12.3. The number of nitrogens with one attached hydrogen (secondary N) is 1. The van der Waals surface area contributed by atoms with Crippen LogP contribution in [0.1, 0.15) is 24.0 Å². The smallest absolute Gasteiger partial charge is 0.253 e. The van der Waals surface area contributed by atoms with Gasteiger partial charge in [-0.25, -0.2) is 4.98 Å². The summed E-state index contributed by atoms with van der Waals surface area (Å²) in [5.74, 6) is 0.458. The van der Waals surface area contributed by atoms with Gasteiger partial charge in [-0.3, -0.25) is 4.79 Å². The van der Waals surface area contributed by atoms with Gasteiger partial charge in [-0.2, -0.15) is 0 Å². The Labute approximate surface area is 146 Å². The maximum atomic E-state index is 12.3. The first kappa shape index (κ1) is 15.8. The monoisotopic (exact) mass is 336 g/mol. The molecule has 0 aliphatic carbocycles. The average molecular weight is 336 g/mol. The molecule has 1 N–H and O–H groups in total. The zero-order valence-corrected chi connectivity index (χ0v) is 14.3. The van der Waals surface area contributed by atoms with Crippen molar-refractivity contribution in [2.45, 2.75) is 32.8 Å². The predicted octanol–water partition coefficient (Wildman–Crippen LogP) is 4.23. The highest BCUT2D eigenvalue weighted by Crippen LogP contribution is 2.28. The molecule has 2 heterocycles. The van der Waals surface area contributed by atoms with Gasteiger partial charge in [0.2, 0.25) is 5.89 Å². The van der Waals surface area contributed by atoms with Crippen LogP contribution in [0.2, 0.25) is 0 Å². The van der Waals surface area contributed by atoms with Crippen molar-refractivity contribution in [3.63, 3.8) is 0 Å². The van der Waals surface area contributed by atoms with Gasteiger partial charge in [-0.05, 0) is 62.1 Å². The Hall–Kier alpha value is -2.66. The number of hydrogen-bond acceptors (Lipinski definition) is 4. The first-order valence-electron chi connectivity index (χ1n) is 8.51. The van der Waals surface area contributed by atoms with E-state index in [1.54, 1.807) is 0 Å². The second kappa shape index (κ2) is 6.33. The summed E-state index contributed by atoms with van der Waals surface area (Å²) in [7, 11) is 0. The van der Waals surface area contributed by atoms with E-state index >= 15 is 0 Å². The van der Waals surface area contributed by atoms with Crippen LogP contribution >= 0.6 is 0 Å². The fourth-order valence-corrected chi connectivity index (χ4v) is 3.05. The maximum Gasteiger partial charge on any atom is 0.253 e. The lowest BCUT2D eigenvalue weighted by Crippen LogP contribution is -2.27. The lowest BCUT2D eigenvalue weighted by molar-refractivity contribution is -0.124. The lowest BCUT2D eigenvalue weighted by Gasteiger charge is -2.13. The van der Waals surface area contributed by atoms with E-state index in [0.29, 0.717) is 12.5 Å². The van der Waals surface area contributed by atoms with Crippen molar-refractivity contribution in [2.24, 2.45) is 0 Å². The first-order valence-corrected chi connectivity index (χ1v) is 8.51. The van der Waals surface area contributed by atoms with Crippen LogP contribution in [0.5, 0.6) is 0 Å². The van der Waals surface area contributed by atoms with E-state index in [1.165, 1.54) is 0 Å². The summed E-state index contributed by atoms with van der Waals surface area (Å²) in [4.78, 5) is 16.9. The van der Waals surface area contributed by atoms with Gasteiger partial charge in [0.05, 0.1) is 0 Å². The van der Waals surface area contributed by atoms with Crippen molar-refractivity contribution in [3.8, 4) is 11.5 Å². The van der Waals surface area contributed by atoms with Gasteiger partial charge < -0.3 is 14.5 Å². The van der Waals surface area contributed by atoms with Crippen molar-refractivity contribution in [2.75, 3.05) is 11.9 Å². The molecule has 0 saturated carbocycles. The molecule has 5 nitrogen and oxygen atoms in total.